The lowest BCUT2D eigenvalue weighted by Gasteiger charge is -2.15. The van der Waals surface area contributed by atoms with Crippen molar-refractivity contribution in [2.45, 2.75) is 45.1 Å². The monoisotopic (exact) mass is 270 g/mol. The van der Waals surface area contributed by atoms with Crippen LogP contribution in [0.15, 0.2) is 0 Å². The van der Waals surface area contributed by atoms with E-state index >= 15 is 0 Å². The van der Waals surface area contributed by atoms with Crippen LogP contribution in [0.5, 0.6) is 0 Å². The van der Waals surface area contributed by atoms with Gasteiger partial charge < -0.3 is 5.32 Å². The minimum absolute atomic E-state index is 0.484. The number of aryl methyl sites for hydroxylation is 2. The molecule has 2 nitrogen and oxygen atoms in total. The molecule has 2 rings (SSSR count). The first kappa shape index (κ1) is 13.4. The summed E-state index contributed by atoms with van der Waals surface area (Å²) in [6.45, 7) is 3.32. The summed E-state index contributed by atoms with van der Waals surface area (Å²) in [6.07, 6.45) is 8.35. The molecular weight excluding hydrogens is 248 g/mol. The van der Waals surface area contributed by atoms with E-state index < -0.39 is 0 Å². The highest BCUT2D eigenvalue weighted by molar-refractivity contribution is 7.98. The van der Waals surface area contributed by atoms with Crippen LogP contribution in [0.2, 0.25) is 0 Å². The predicted octanol–water partition coefficient (Wildman–Crippen LogP) is 3.43. The Morgan fingerprint density at radius 1 is 1.47 bits per heavy atom. The van der Waals surface area contributed by atoms with Crippen LogP contribution in [-0.4, -0.2) is 23.5 Å². The summed E-state index contributed by atoms with van der Waals surface area (Å²) >= 11 is 3.87. The smallest absolute Gasteiger partial charge is 0.110 e. The summed E-state index contributed by atoms with van der Waals surface area (Å²) in [6, 6.07) is 0.484. The molecule has 0 aliphatic heterocycles. The fourth-order valence-corrected chi connectivity index (χ4v) is 3.96. The van der Waals surface area contributed by atoms with Crippen molar-refractivity contribution < 1.29 is 0 Å². The van der Waals surface area contributed by atoms with Crippen LogP contribution in [0, 0.1) is 0 Å². The van der Waals surface area contributed by atoms with Gasteiger partial charge in [-0.1, -0.05) is 6.92 Å². The summed E-state index contributed by atoms with van der Waals surface area (Å²) in [5.41, 5.74) is 1.39. The molecule has 1 aliphatic rings. The van der Waals surface area contributed by atoms with E-state index in [0.29, 0.717) is 6.04 Å². The summed E-state index contributed by atoms with van der Waals surface area (Å²) in [5, 5.41) is 4.97. The largest absolute Gasteiger partial charge is 0.308 e. The van der Waals surface area contributed by atoms with E-state index in [2.05, 4.69) is 18.5 Å². The zero-order valence-corrected chi connectivity index (χ0v) is 12.4. The van der Waals surface area contributed by atoms with Gasteiger partial charge in [-0.15, -0.1) is 11.3 Å². The van der Waals surface area contributed by atoms with Crippen LogP contribution >= 0.6 is 23.1 Å². The number of thioether (sulfide) groups is 1. The van der Waals surface area contributed by atoms with E-state index in [9.17, 15) is 0 Å². The van der Waals surface area contributed by atoms with Gasteiger partial charge in [-0.3, -0.25) is 0 Å². The predicted molar refractivity (Wildman–Crippen MR) is 78.2 cm³/mol. The molecule has 1 atom stereocenters. The topological polar surface area (TPSA) is 24.9 Å². The molecule has 0 spiro atoms. The highest BCUT2D eigenvalue weighted by atomic mass is 32.2. The molecule has 4 heteroatoms. The molecule has 0 bridgehead atoms. The summed E-state index contributed by atoms with van der Waals surface area (Å²) < 4.78 is 0. The van der Waals surface area contributed by atoms with Crippen LogP contribution < -0.4 is 5.32 Å². The van der Waals surface area contributed by atoms with Crippen molar-refractivity contribution in [1.29, 1.82) is 0 Å². The first-order valence-electron chi connectivity index (χ1n) is 6.56. The minimum Gasteiger partial charge on any atom is -0.308 e. The number of fused-ring (bicyclic) bond motifs is 1. The molecule has 1 N–H and O–H groups in total. The third kappa shape index (κ3) is 3.46. The lowest BCUT2D eigenvalue weighted by molar-refractivity contribution is 0.518. The van der Waals surface area contributed by atoms with Crippen LogP contribution in [0.1, 0.15) is 47.8 Å². The van der Waals surface area contributed by atoms with Crippen molar-refractivity contribution in [1.82, 2.24) is 10.3 Å². The first-order chi connectivity index (χ1) is 8.35. The zero-order chi connectivity index (χ0) is 12.1. The molecular formula is C13H22N2S2. The minimum atomic E-state index is 0.484. The van der Waals surface area contributed by atoms with Crippen molar-refractivity contribution in [3.05, 3.63) is 15.6 Å². The van der Waals surface area contributed by atoms with Gasteiger partial charge >= 0.3 is 0 Å². The summed E-state index contributed by atoms with van der Waals surface area (Å²) in [5.74, 6) is 1.21. The van der Waals surface area contributed by atoms with E-state index in [1.165, 1.54) is 48.6 Å². The molecule has 96 valence electrons. The van der Waals surface area contributed by atoms with Crippen LogP contribution in [0.25, 0.3) is 0 Å². The van der Waals surface area contributed by atoms with E-state index in [0.717, 1.165) is 6.54 Å². The van der Waals surface area contributed by atoms with Gasteiger partial charge in [0.25, 0.3) is 0 Å². The molecule has 1 aromatic rings. The number of hydrogen-bond acceptors (Lipinski definition) is 4. The Hall–Kier alpha value is -0.0600. The molecule has 0 saturated carbocycles. The highest BCUT2D eigenvalue weighted by Gasteiger charge is 2.21. The molecule has 17 heavy (non-hydrogen) atoms. The zero-order valence-electron chi connectivity index (χ0n) is 10.8. The maximum absolute atomic E-state index is 4.84. The Labute approximate surface area is 113 Å². The van der Waals surface area contributed by atoms with Crippen molar-refractivity contribution in [2.75, 3.05) is 18.6 Å². The Morgan fingerprint density at radius 2 is 2.35 bits per heavy atom. The van der Waals surface area contributed by atoms with Gasteiger partial charge in [0, 0.05) is 4.88 Å². The van der Waals surface area contributed by atoms with E-state index in [-0.39, 0.29) is 0 Å². The van der Waals surface area contributed by atoms with E-state index in [4.69, 9.17) is 4.98 Å². The van der Waals surface area contributed by atoms with Crippen molar-refractivity contribution in [2.24, 2.45) is 0 Å². The summed E-state index contributed by atoms with van der Waals surface area (Å²) in [7, 11) is 0. The van der Waals surface area contributed by atoms with Crippen LogP contribution in [-0.2, 0) is 12.8 Å². The molecule has 0 saturated heterocycles. The van der Waals surface area contributed by atoms with Crippen LogP contribution in [0.3, 0.4) is 0 Å². The average Bonchev–Trinajstić information content (AvgIpc) is 2.89. The molecule has 0 radical (unpaired) electrons. The Bertz CT molecular complexity index is 320. The van der Waals surface area contributed by atoms with Gasteiger partial charge in [0.2, 0.25) is 0 Å². The van der Waals surface area contributed by atoms with Gasteiger partial charge in [0.05, 0.1) is 11.7 Å². The number of aromatic nitrogens is 1. The number of rotatable bonds is 7. The lowest BCUT2D eigenvalue weighted by Crippen LogP contribution is -2.22. The van der Waals surface area contributed by atoms with E-state index in [1.807, 2.05) is 23.1 Å². The number of thiazole rings is 1. The highest BCUT2D eigenvalue weighted by Crippen LogP contribution is 2.32. The Kier molecular flexibility index (Phi) is 5.32. The fraction of sp³-hybridized carbons (Fsp3) is 0.769. The summed E-state index contributed by atoms with van der Waals surface area (Å²) in [4.78, 5) is 6.39. The van der Waals surface area contributed by atoms with Crippen molar-refractivity contribution in [3.8, 4) is 0 Å². The second kappa shape index (κ2) is 6.76. The van der Waals surface area contributed by atoms with Crippen LogP contribution in [0.4, 0.5) is 0 Å². The van der Waals surface area contributed by atoms with E-state index in [1.54, 1.807) is 4.88 Å². The van der Waals surface area contributed by atoms with Crippen molar-refractivity contribution >= 4 is 23.1 Å². The number of nitrogens with zero attached hydrogens (tertiary/aromatic N) is 1. The van der Waals surface area contributed by atoms with Gasteiger partial charge in [0.15, 0.2) is 0 Å². The Balaban J connectivity index is 2.02. The standard InChI is InChI=1S/C13H22N2S2/c1-3-8-14-11(7-9-16-2)13-15-10-5-4-6-12(10)17-13/h11,14H,3-9H2,1-2H3. The number of hydrogen-bond donors (Lipinski definition) is 1. The van der Waals surface area contributed by atoms with Gasteiger partial charge in [-0.05, 0) is 50.7 Å². The van der Waals surface area contributed by atoms with Gasteiger partial charge in [0.1, 0.15) is 5.01 Å². The molecule has 0 fully saturated rings. The normalized spacial score (nSPS) is 16.1. The second-order valence-electron chi connectivity index (χ2n) is 4.56. The molecule has 0 amide bonds. The molecule has 1 aliphatic carbocycles. The number of nitrogens with one attached hydrogen (secondary N) is 1. The maximum Gasteiger partial charge on any atom is 0.110 e. The molecule has 1 unspecified atom stereocenters. The first-order valence-corrected chi connectivity index (χ1v) is 8.77. The second-order valence-corrected chi connectivity index (χ2v) is 6.66. The third-order valence-corrected chi connectivity index (χ3v) is 5.08. The lowest BCUT2D eigenvalue weighted by atomic mass is 10.2. The molecule has 1 aromatic heterocycles. The molecule has 1 heterocycles. The Morgan fingerprint density at radius 3 is 3.06 bits per heavy atom. The molecule has 0 aromatic carbocycles. The fourth-order valence-electron chi connectivity index (χ4n) is 2.23. The van der Waals surface area contributed by atoms with Gasteiger partial charge in [-0.25, -0.2) is 4.98 Å². The van der Waals surface area contributed by atoms with Gasteiger partial charge in [-0.2, -0.15) is 11.8 Å². The third-order valence-electron chi connectivity index (χ3n) is 3.16. The SMILES string of the molecule is CCCNC(CCSC)c1nc2c(s1)CCC2. The average molecular weight is 270 g/mol. The maximum atomic E-state index is 4.84. The van der Waals surface area contributed by atoms with Crippen molar-refractivity contribution in [3.63, 3.8) is 0 Å². The quantitative estimate of drug-likeness (QED) is 0.822.